The second-order valence-electron chi connectivity index (χ2n) is 5.57. The van der Waals surface area contributed by atoms with Crippen LogP contribution in [0.1, 0.15) is 30.9 Å². The Kier molecular flexibility index (Phi) is 4.00. The summed E-state index contributed by atoms with van der Waals surface area (Å²) in [6.07, 6.45) is 2.23. The first kappa shape index (κ1) is 13.5. The average Bonchev–Trinajstić information content (AvgIpc) is 2.35. The van der Waals surface area contributed by atoms with Gasteiger partial charge in [0.15, 0.2) is 0 Å². The van der Waals surface area contributed by atoms with Gasteiger partial charge in [0.2, 0.25) is 0 Å². The maximum absolute atomic E-state index is 14.8. The number of alkyl halides is 1. The van der Waals surface area contributed by atoms with Crippen molar-refractivity contribution < 1.29 is 8.78 Å². The Bertz CT molecular complexity index is 409. The van der Waals surface area contributed by atoms with Crippen molar-refractivity contribution in [3.8, 4) is 0 Å². The van der Waals surface area contributed by atoms with Crippen LogP contribution in [0.3, 0.4) is 0 Å². The number of hydrogen-bond acceptors (Lipinski definition) is 1. The molecular weight excluding hydrogens is 232 g/mol. The minimum atomic E-state index is -1.27. The first-order chi connectivity index (χ1) is 8.49. The molecular formula is C15H21F2N. The molecule has 1 fully saturated rings. The Morgan fingerprint density at radius 2 is 2.22 bits per heavy atom. The highest BCUT2D eigenvalue weighted by molar-refractivity contribution is 5.28. The lowest BCUT2D eigenvalue weighted by Crippen LogP contribution is -2.42. The van der Waals surface area contributed by atoms with Gasteiger partial charge in [0.25, 0.3) is 0 Å². The molecule has 1 saturated heterocycles. The van der Waals surface area contributed by atoms with Crippen LogP contribution in [0.25, 0.3) is 0 Å². The van der Waals surface area contributed by atoms with E-state index in [0.29, 0.717) is 6.42 Å². The summed E-state index contributed by atoms with van der Waals surface area (Å²) in [5, 5.41) is 3.24. The van der Waals surface area contributed by atoms with E-state index in [1.165, 1.54) is 12.1 Å². The molecule has 2 rings (SSSR count). The van der Waals surface area contributed by atoms with Crippen LogP contribution in [-0.2, 0) is 6.42 Å². The molecule has 0 bridgehead atoms. The molecule has 0 saturated carbocycles. The fraction of sp³-hybridized carbons (Fsp3) is 0.600. The van der Waals surface area contributed by atoms with Crippen molar-refractivity contribution in [1.29, 1.82) is 0 Å². The summed E-state index contributed by atoms with van der Waals surface area (Å²) in [7, 11) is 0. The van der Waals surface area contributed by atoms with Crippen molar-refractivity contribution in [1.82, 2.24) is 5.32 Å². The molecule has 2 atom stereocenters. The average molecular weight is 253 g/mol. The lowest BCUT2D eigenvalue weighted by molar-refractivity contribution is 0.0831. The molecule has 1 aliphatic rings. The molecule has 0 amide bonds. The number of halogens is 2. The molecule has 0 aromatic heterocycles. The number of piperidine rings is 1. The van der Waals surface area contributed by atoms with E-state index in [1.807, 2.05) is 6.92 Å². The summed E-state index contributed by atoms with van der Waals surface area (Å²) in [5.41, 5.74) is 0.473. The van der Waals surface area contributed by atoms with Crippen LogP contribution in [0, 0.1) is 18.7 Å². The molecule has 2 unspecified atom stereocenters. The summed E-state index contributed by atoms with van der Waals surface area (Å²) in [6.45, 7) is 5.26. The highest BCUT2D eigenvalue weighted by Gasteiger charge is 2.35. The van der Waals surface area contributed by atoms with Gasteiger partial charge in [0, 0.05) is 18.9 Å². The monoisotopic (exact) mass is 253 g/mol. The van der Waals surface area contributed by atoms with Crippen LogP contribution in [0.4, 0.5) is 8.78 Å². The molecule has 0 aliphatic carbocycles. The van der Waals surface area contributed by atoms with E-state index in [2.05, 4.69) is 5.32 Å². The van der Waals surface area contributed by atoms with E-state index in [9.17, 15) is 8.78 Å². The van der Waals surface area contributed by atoms with E-state index in [1.54, 1.807) is 13.0 Å². The first-order valence-corrected chi connectivity index (χ1v) is 6.64. The zero-order valence-electron chi connectivity index (χ0n) is 11.1. The zero-order chi connectivity index (χ0) is 13.2. The Labute approximate surface area is 108 Å². The quantitative estimate of drug-likeness (QED) is 0.870. The van der Waals surface area contributed by atoms with Crippen LogP contribution in [0.15, 0.2) is 18.2 Å². The summed E-state index contributed by atoms with van der Waals surface area (Å²) in [5.74, 6) is -0.262. The molecule has 1 aliphatic heterocycles. The van der Waals surface area contributed by atoms with E-state index in [4.69, 9.17) is 0 Å². The third kappa shape index (κ3) is 3.08. The van der Waals surface area contributed by atoms with E-state index in [-0.39, 0.29) is 11.7 Å². The van der Waals surface area contributed by atoms with Crippen molar-refractivity contribution >= 4 is 0 Å². The van der Waals surface area contributed by atoms with Gasteiger partial charge in [-0.3, -0.25) is 0 Å². The smallest absolute Gasteiger partial charge is 0.123 e. The van der Waals surface area contributed by atoms with Crippen LogP contribution < -0.4 is 5.32 Å². The Morgan fingerprint density at radius 3 is 2.89 bits per heavy atom. The highest BCUT2D eigenvalue weighted by Crippen LogP contribution is 2.32. The first-order valence-electron chi connectivity index (χ1n) is 6.64. The predicted molar refractivity (Wildman–Crippen MR) is 69.9 cm³/mol. The lowest BCUT2D eigenvalue weighted by Gasteiger charge is -2.34. The van der Waals surface area contributed by atoms with Gasteiger partial charge in [-0.2, -0.15) is 0 Å². The maximum atomic E-state index is 14.8. The minimum Gasteiger partial charge on any atom is -0.316 e. The second-order valence-corrected chi connectivity index (χ2v) is 5.57. The van der Waals surface area contributed by atoms with Gasteiger partial charge in [-0.25, -0.2) is 8.78 Å². The van der Waals surface area contributed by atoms with Gasteiger partial charge < -0.3 is 5.32 Å². The Morgan fingerprint density at radius 1 is 1.44 bits per heavy atom. The normalized spacial score (nSPS) is 23.7. The Hall–Kier alpha value is -0.960. The second kappa shape index (κ2) is 5.35. The van der Waals surface area contributed by atoms with Crippen LogP contribution in [-0.4, -0.2) is 18.8 Å². The molecule has 18 heavy (non-hydrogen) atoms. The van der Waals surface area contributed by atoms with Gasteiger partial charge in [0.05, 0.1) is 0 Å². The van der Waals surface area contributed by atoms with Crippen molar-refractivity contribution in [3.63, 3.8) is 0 Å². The van der Waals surface area contributed by atoms with Crippen LogP contribution >= 0.6 is 0 Å². The van der Waals surface area contributed by atoms with Gasteiger partial charge in [-0.05, 0) is 56.5 Å². The number of hydrogen-bond donors (Lipinski definition) is 1. The standard InChI is InChI=1S/C15H21F2N/c1-11-5-6-14(16)8-12(11)9-15(2,17)13-4-3-7-18-10-13/h5-6,8,13,18H,3-4,7,9-10H2,1-2H3. The van der Waals surface area contributed by atoms with Crippen molar-refractivity contribution in [2.75, 3.05) is 13.1 Å². The Balaban J connectivity index is 2.13. The van der Waals surface area contributed by atoms with Gasteiger partial charge >= 0.3 is 0 Å². The maximum Gasteiger partial charge on any atom is 0.123 e. The van der Waals surface area contributed by atoms with Crippen molar-refractivity contribution in [3.05, 3.63) is 35.1 Å². The number of aryl methyl sites for hydroxylation is 1. The minimum absolute atomic E-state index is 0.0221. The highest BCUT2D eigenvalue weighted by atomic mass is 19.1. The summed E-state index contributed by atoms with van der Waals surface area (Å²) in [4.78, 5) is 0. The number of rotatable bonds is 3. The summed E-state index contributed by atoms with van der Waals surface area (Å²) >= 11 is 0. The van der Waals surface area contributed by atoms with E-state index in [0.717, 1.165) is 37.1 Å². The fourth-order valence-corrected chi connectivity index (χ4v) is 2.71. The SMILES string of the molecule is Cc1ccc(F)cc1CC(C)(F)C1CCCNC1. The third-order valence-electron chi connectivity index (χ3n) is 4.00. The topological polar surface area (TPSA) is 12.0 Å². The molecule has 0 spiro atoms. The van der Waals surface area contributed by atoms with Crippen molar-refractivity contribution in [2.45, 2.75) is 38.8 Å². The van der Waals surface area contributed by atoms with Crippen molar-refractivity contribution in [2.24, 2.45) is 5.92 Å². The predicted octanol–water partition coefficient (Wildman–Crippen LogP) is 3.40. The molecule has 100 valence electrons. The zero-order valence-corrected chi connectivity index (χ0v) is 11.1. The molecule has 0 radical (unpaired) electrons. The van der Waals surface area contributed by atoms with Crippen LogP contribution in [0.2, 0.25) is 0 Å². The fourth-order valence-electron chi connectivity index (χ4n) is 2.71. The van der Waals surface area contributed by atoms with Gasteiger partial charge in [-0.1, -0.05) is 6.07 Å². The van der Waals surface area contributed by atoms with Gasteiger partial charge in [0.1, 0.15) is 11.5 Å². The molecule has 1 N–H and O–H groups in total. The largest absolute Gasteiger partial charge is 0.316 e. The van der Waals surface area contributed by atoms with Crippen LogP contribution in [0.5, 0.6) is 0 Å². The van der Waals surface area contributed by atoms with Gasteiger partial charge in [-0.15, -0.1) is 0 Å². The lowest BCUT2D eigenvalue weighted by atomic mass is 9.80. The summed E-state index contributed by atoms with van der Waals surface area (Å²) < 4.78 is 28.0. The summed E-state index contributed by atoms with van der Waals surface area (Å²) in [6, 6.07) is 4.61. The number of benzene rings is 1. The van der Waals surface area contributed by atoms with E-state index < -0.39 is 5.67 Å². The molecule has 1 aromatic rings. The van der Waals surface area contributed by atoms with E-state index >= 15 is 0 Å². The third-order valence-corrected chi connectivity index (χ3v) is 4.00. The molecule has 3 heteroatoms. The molecule has 1 heterocycles. The number of nitrogens with one attached hydrogen (secondary N) is 1. The molecule has 1 aromatic carbocycles. The molecule has 1 nitrogen and oxygen atoms in total.